The molecule has 1 aliphatic rings. The van der Waals surface area contributed by atoms with Gasteiger partial charge in [-0.15, -0.1) is 12.4 Å². The maximum atomic E-state index is 12.3. The van der Waals surface area contributed by atoms with Gasteiger partial charge < -0.3 is 10.2 Å². The minimum atomic E-state index is 0. The first kappa shape index (κ1) is 15.0. The number of carbonyl (C=O) groups excluding carboxylic acids is 1. The number of hydrogen-bond acceptors (Lipinski definition) is 2. The Bertz CT molecular complexity index is 363. The Kier molecular flexibility index (Phi) is 6.16. The first-order valence-corrected chi connectivity index (χ1v) is 6.34. The second kappa shape index (κ2) is 7.39. The average molecular weight is 269 g/mol. The Balaban J connectivity index is 0.00000162. The highest BCUT2D eigenvalue weighted by atomic mass is 35.5. The van der Waals surface area contributed by atoms with Crippen LogP contribution < -0.4 is 5.32 Å². The SMILES string of the molecule is CCN(Cc1ccccc1)C(=O)C1CCNC1.Cl. The zero-order valence-electron chi connectivity index (χ0n) is 10.8. The number of carbonyl (C=O) groups is 1. The molecule has 0 aromatic heterocycles. The van der Waals surface area contributed by atoms with Gasteiger partial charge in [-0.2, -0.15) is 0 Å². The monoisotopic (exact) mass is 268 g/mol. The molecule has 4 heteroatoms. The summed E-state index contributed by atoms with van der Waals surface area (Å²) < 4.78 is 0. The second-order valence-electron chi connectivity index (χ2n) is 4.53. The minimum absolute atomic E-state index is 0. The van der Waals surface area contributed by atoms with Crippen molar-refractivity contribution in [1.29, 1.82) is 0 Å². The van der Waals surface area contributed by atoms with Gasteiger partial charge in [-0.1, -0.05) is 30.3 Å². The van der Waals surface area contributed by atoms with Crippen molar-refractivity contribution >= 4 is 18.3 Å². The summed E-state index contributed by atoms with van der Waals surface area (Å²) in [6.07, 6.45) is 0.976. The molecule has 100 valence electrons. The van der Waals surface area contributed by atoms with Crippen molar-refractivity contribution in [3.05, 3.63) is 35.9 Å². The van der Waals surface area contributed by atoms with Crippen molar-refractivity contribution in [1.82, 2.24) is 10.2 Å². The van der Waals surface area contributed by atoms with Crippen molar-refractivity contribution in [3.63, 3.8) is 0 Å². The summed E-state index contributed by atoms with van der Waals surface area (Å²) in [4.78, 5) is 14.2. The highest BCUT2D eigenvalue weighted by Crippen LogP contribution is 2.14. The molecule has 1 saturated heterocycles. The summed E-state index contributed by atoms with van der Waals surface area (Å²) in [5.41, 5.74) is 1.20. The molecule has 3 nitrogen and oxygen atoms in total. The Hall–Kier alpha value is -1.06. The van der Waals surface area contributed by atoms with E-state index in [1.165, 1.54) is 5.56 Å². The zero-order valence-corrected chi connectivity index (χ0v) is 11.6. The maximum absolute atomic E-state index is 12.3. The molecule has 1 amide bonds. The van der Waals surface area contributed by atoms with Crippen LogP contribution in [0.3, 0.4) is 0 Å². The van der Waals surface area contributed by atoms with Crippen LogP contribution in [0.15, 0.2) is 30.3 Å². The smallest absolute Gasteiger partial charge is 0.227 e. The van der Waals surface area contributed by atoms with Gasteiger partial charge in [0.15, 0.2) is 0 Å². The lowest BCUT2D eigenvalue weighted by Gasteiger charge is -2.24. The summed E-state index contributed by atoms with van der Waals surface area (Å²) in [5, 5.41) is 3.25. The van der Waals surface area contributed by atoms with Crippen LogP contribution >= 0.6 is 12.4 Å². The molecular formula is C14H21ClN2O. The zero-order chi connectivity index (χ0) is 12.1. The number of hydrogen-bond donors (Lipinski definition) is 1. The third-order valence-corrected chi connectivity index (χ3v) is 3.32. The van der Waals surface area contributed by atoms with E-state index in [-0.39, 0.29) is 18.3 Å². The summed E-state index contributed by atoms with van der Waals surface area (Å²) in [5.74, 6) is 0.472. The minimum Gasteiger partial charge on any atom is -0.338 e. The van der Waals surface area contributed by atoms with Gasteiger partial charge in [0.25, 0.3) is 0 Å². The number of rotatable bonds is 4. The van der Waals surface area contributed by atoms with Crippen LogP contribution in [-0.4, -0.2) is 30.4 Å². The molecule has 0 spiro atoms. The lowest BCUT2D eigenvalue weighted by molar-refractivity contribution is -0.135. The fourth-order valence-corrected chi connectivity index (χ4v) is 2.27. The lowest BCUT2D eigenvalue weighted by Crippen LogP contribution is -2.36. The molecule has 1 aromatic carbocycles. The normalized spacial score (nSPS) is 18.2. The van der Waals surface area contributed by atoms with Crippen LogP contribution in [0, 0.1) is 5.92 Å². The number of amides is 1. The quantitative estimate of drug-likeness (QED) is 0.907. The summed E-state index contributed by atoms with van der Waals surface area (Å²) in [7, 11) is 0. The highest BCUT2D eigenvalue weighted by Gasteiger charge is 2.26. The Morgan fingerprint density at radius 3 is 2.67 bits per heavy atom. The van der Waals surface area contributed by atoms with E-state index in [0.29, 0.717) is 5.91 Å². The molecule has 0 aliphatic carbocycles. The van der Waals surface area contributed by atoms with Crippen molar-refractivity contribution in [3.8, 4) is 0 Å². The Morgan fingerprint density at radius 1 is 1.39 bits per heavy atom. The van der Waals surface area contributed by atoms with Gasteiger partial charge in [0.2, 0.25) is 5.91 Å². The molecule has 1 atom stereocenters. The highest BCUT2D eigenvalue weighted by molar-refractivity contribution is 5.85. The van der Waals surface area contributed by atoms with Gasteiger partial charge >= 0.3 is 0 Å². The van der Waals surface area contributed by atoms with Gasteiger partial charge in [-0.3, -0.25) is 4.79 Å². The second-order valence-corrected chi connectivity index (χ2v) is 4.53. The molecule has 2 rings (SSSR count). The first-order chi connectivity index (χ1) is 8.31. The average Bonchev–Trinajstić information content (AvgIpc) is 2.90. The lowest BCUT2D eigenvalue weighted by atomic mass is 10.1. The van der Waals surface area contributed by atoms with Gasteiger partial charge in [-0.25, -0.2) is 0 Å². The van der Waals surface area contributed by atoms with Gasteiger partial charge in [0.1, 0.15) is 0 Å². The molecule has 0 saturated carbocycles. The number of halogens is 1. The van der Waals surface area contributed by atoms with Crippen LogP contribution in [0.4, 0.5) is 0 Å². The molecular weight excluding hydrogens is 248 g/mol. The molecule has 0 bridgehead atoms. The molecule has 1 aliphatic heterocycles. The summed E-state index contributed by atoms with van der Waals surface area (Å²) >= 11 is 0. The number of nitrogens with one attached hydrogen (secondary N) is 1. The molecule has 0 radical (unpaired) electrons. The number of nitrogens with zero attached hydrogens (tertiary/aromatic N) is 1. The third kappa shape index (κ3) is 3.72. The predicted octanol–water partition coefficient (Wildman–Crippen LogP) is 2.07. The fraction of sp³-hybridized carbons (Fsp3) is 0.500. The maximum Gasteiger partial charge on any atom is 0.227 e. The van der Waals surface area contributed by atoms with Crippen LogP contribution in [0.1, 0.15) is 18.9 Å². The van der Waals surface area contributed by atoms with E-state index in [9.17, 15) is 4.79 Å². The van der Waals surface area contributed by atoms with E-state index in [2.05, 4.69) is 17.4 Å². The Labute approximate surface area is 115 Å². The molecule has 1 N–H and O–H groups in total. The molecule has 1 heterocycles. The fourth-order valence-electron chi connectivity index (χ4n) is 2.27. The van der Waals surface area contributed by atoms with Gasteiger partial charge in [0, 0.05) is 19.6 Å². The molecule has 18 heavy (non-hydrogen) atoms. The van der Waals surface area contributed by atoms with E-state index in [0.717, 1.165) is 32.6 Å². The number of benzene rings is 1. The van der Waals surface area contributed by atoms with E-state index >= 15 is 0 Å². The first-order valence-electron chi connectivity index (χ1n) is 6.34. The van der Waals surface area contributed by atoms with Crippen molar-refractivity contribution in [2.75, 3.05) is 19.6 Å². The summed E-state index contributed by atoms with van der Waals surface area (Å²) in [6, 6.07) is 10.2. The largest absolute Gasteiger partial charge is 0.338 e. The van der Waals surface area contributed by atoms with Gasteiger partial charge in [0.05, 0.1) is 5.92 Å². The molecule has 1 fully saturated rings. The van der Waals surface area contributed by atoms with Crippen molar-refractivity contribution in [2.24, 2.45) is 5.92 Å². The topological polar surface area (TPSA) is 32.3 Å². The van der Waals surface area contributed by atoms with E-state index in [1.807, 2.05) is 30.0 Å². The predicted molar refractivity (Wildman–Crippen MR) is 75.8 cm³/mol. The van der Waals surface area contributed by atoms with E-state index in [4.69, 9.17) is 0 Å². The van der Waals surface area contributed by atoms with Crippen LogP contribution in [-0.2, 0) is 11.3 Å². The van der Waals surface area contributed by atoms with Crippen LogP contribution in [0.2, 0.25) is 0 Å². The third-order valence-electron chi connectivity index (χ3n) is 3.32. The van der Waals surface area contributed by atoms with Crippen molar-refractivity contribution < 1.29 is 4.79 Å². The van der Waals surface area contributed by atoms with Crippen LogP contribution in [0.25, 0.3) is 0 Å². The van der Waals surface area contributed by atoms with E-state index in [1.54, 1.807) is 0 Å². The van der Waals surface area contributed by atoms with E-state index < -0.39 is 0 Å². The summed E-state index contributed by atoms with van der Waals surface area (Å²) in [6.45, 7) is 5.36. The molecule has 1 unspecified atom stereocenters. The van der Waals surface area contributed by atoms with Gasteiger partial charge in [-0.05, 0) is 25.5 Å². The molecule has 1 aromatic rings. The van der Waals surface area contributed by atoms with Crippen molar-refractivity contribution in [2.45, 2.75) is 19.9 Å². The van der Waals surface area contributed by atoms with Crippen LogP contribution in [0.5, 0.6) is 0 Å². The Morgan fingerprint density at radius 2 is 2.11 bits per heavy atom. The standard InChI is InChI=1S/C14H20N2O.ClH/c1-2-16(11-12-6-4-3-5-7-12)14(17)13-8-9-15-10-13;/h3-7,13,15H,2,8-11H2,1H3;1H.